The van der Waals surface area contributed by atoms with Gasteiger partial charge < -0.3 is 14.8 Å². The predicted molar refractivity (Wildman–Crippen MR) is 266 cm³/mol. The van der Waals surface area contributed by atoms with E-state index in [0.717, 1.165) is 56.8 Å². The summed E-state index contributed by atoms with van der Waals surface area (Å²) in [6.45, 7) is 6.90. The van der Waals surface area contributed by atoms with Crippen molar-refractivity contribution >= 4 is 112 Å². The van der Waals surface area contributed by atoms with Crippen molar-refractivity contribution < 1.29 is 44.1 Å². The van der Waals surface area contributed by atoms with Crippen LogP contribution in [0.15, 0.2) is 146 Å². The zero-order valence-electron chi connectivity index (χ0n) is 37.0. The average molecular weight is 986 g/mol. The van der Waals surface area contributed by atoms with Crippen LogP contribution in [0.3, 0.4) is 0 Å². The predicted octanol–water partition coefficient (Wildman–Crippen LogP) is 9.97. The molecule has 0 radical (unpaired) electrons. The van der Waals surface area contributed by atoms with Crippen LogP contribution >= 0.6 is 46.4 Å². The van der Waals surface area contributed by atoms with Gasteiger partial charge in [0.05, 0.1) is 22.1 Å². The van der Waals surface area contributed by atoms with Gasteiger partial charge in [0.25, 0.3) is 0 Å². The molecule has 1 fully saturated rings. The molecule has 5 aromatic heterocycles. The number of ether oxygens (including phenoxy) is 1. The van der Waals surface area contributed by atoms with Gasteiger partial charge in [0.1, 0.15) is 0 Å². The fourth-order valence-electron chi connectivity index (χ4n) is 7.42. The van der Waals surface area contributed by atoms with Crippen molar-refractivity contribution in [3.05, 3.63) is 167 Å². The number of halogens is 5. The molecule has 0 unspecified atom stereocenters. The zero-order chi connectivity index (χ0) is 45.5. The maximum absolute atomic E-state index is 10.1. The first kappa shape index (κ1) is 51.1. The monoisotopic (exact) mass is 983 g/mol. The molecule has 67 heavy (non-hydrogen) atoms. The number of fused-ring (bicyclic) bond motifs is 9. The molecular formula is C50H43Cl4FN9NaO2. The topological polar surface area (TPSA) is 135 Å². The molecule has 0 spiro atoms. The number of aromatic nitrogens is 9. The molecule has 0 amide bonds. The molecule has 17 heteroatoms. The summed E-state index contributed by atoms with van der Waals surface area (Å²) in [5.74, 6) is 0.980. The Labute approximate surface area is 427 Å². The number of rotatable bonds is 2. The Morgan fingerprint density at radius 2 is 0.716 bits per heavy atom. The minimum absolute atomic E-state index is 0. The van der Waals surface area contributed by atoms with E-state index in [0.29, 0.717) is 11.9 Å². The molecule has 11 aromatic rings. The summed E-state index contributed by atoms with van der Waals surface area (Å²) >= 11 is 22.5. The summed E-state index contributed by atoms with van der Waals surface area (Å²) in [5.41, 5.74) is 5.76. The van der Waals surface area contributed by atoms with E-state index in [2.05, 4.69) is 136 Å². The maximum atomic E-state index is 10.1. The van der Waals surface area contributed by atoms with Crippen LogP contribution in [0, 0.1) is 0 Å². The van der Waals surface area contributed by atoms with E-state index in [9.17, 15) is 5.11 Å². The number of nitrogens with zero attached hydrogens (tertiary/aromatic N) is 8. The van der Waals surface area contributed by atoms with Gasteiger partial charge in [0, 0.05) is 56.6 Å². The van der Waals surface area contributed by atoms with Gasteiger partial charge in [-0.3, -0.25) is 13.8 Å². The van der Waals surface area contributed by atoms with Crippen LogP contribution in [0.25, 0.3) is 77.3 Å². The maximum Gasteiger partial charge on any atom is 1.00 e. The zero-order valence-corrected chi connectivity index (χ0v) is 42.0. The van der Waals surface area contributed by atoms with Gasteiger partial charge >= 0.3 is 29.6 Å². The summed E-state index contributed by atoms with van der Waals surface area (Å²) in [7, 11) is 0. The van der Waals surface area contributed by atoms with E-state index < -0.39 is 5.60 Å². The Balaban J connectivity index is 0.000000177. The second kappa shape index (κ2) is 23.2. The van der Waals surface area contributed by atoms with Crippen molar-refractivity contribution in [2.75, 3.05) is 13.2 Å². The third-order valence-electron chi connectivity index (χ3n) is 9.94. The number of hydrogen-bond donors (Lipinski definition) is 1. The molecule has 0 bridgehead atoms. The number of nitrogens with one attached hydrogen (secondary N) is 1. The minimum Gasteiger partial charge on any atom is -0.850 e. The first-order chi connectivity index (χ1) is 31.4. The van der Waals surface area contributed by atoms with Crippen molar-refractivity contribution in [1.29, 1.82) is 0 Å². The number of para-hydroxylation sites is 6. The molecule has 1 aliphatic rings. The van der Waals surface area contributed by atoms with Crippen LogP contribution in [0.4, 0.5) is 4.70 Å². The standard InChI is InChI=1S/C27H16ClN5.C12H9N.C4H8O.C4H9O.C3Cl3N3.FH.Na/c28-25-29-26(32-21-13-5-1-9-17(21)18-10-2-6-14-22(18)32)31-27(30-25)33-23-15-7-3-11-19(23)20-12-4-8-16-24(20)33;1-3-7-11-9(5-1)10-6-2-4-8-12(10)13-11;1-2-4-5-3-1;1-4(2,3)5;4-1-7-2(5)9-3(6)8-1;;/h1-16H;1-8,13H;1-4H2;1-3H3;;1H;/q;;;-1;;;+1. The molecular weight excluding hydrogens is 942 g/mol. The van der Waals surface area contributed by atoms with Gasteiger partial charge in [-0.15, -0.1) is 5.60 Å². The second-order valence-electron chi connectivity index (χ2n) is 15.7. The fraction of sp³-hybridized carbons (Fsp3) is 0.160. The van der Waals surface area contributed by atoms with Crippen LogP contribution in [-0.4, -0.2) is 62.8 Å². The molecule has 1 aliphatic heterocycles. The smallest absolute Gasteiger partial charge is 0.850 e. The van der Waals surface area contributed by atoms with Crippen molar-refractivity contribution in [2.45, 2.75) is 39.2 Å². The Morgan fingerprint density at radius 3 is 1.01 bits per heavy atom. The van der Waals surface area contributed by atoms with Gasteiger partial charge in [0.15, 0.2) is 0 Å². The molecule has 12 rings (SSSR count). The summed E-state index contributed by atoms with van der Waals surface area (Å²) in [6.07, 6.45) is 2.56. The van der Waals surface area contributed by atoms with Crippen LogP contribution in [0.2, 0.25) is 21.1 Å². The molecule has 1 saturated heterocycles. The van der Waals surface area contributed by atoms with Crippen LogP contribution in [-0.2, 0) is 4.74 Å². The van der Waals surface area contributed by atoms with E-state index in [-0.39, 0.29) is 55.4 Å². The normalized spacial score (nSPS) is 11.9. The first-order valence-corrected chi connectivity index (χ1v) is 22.3. The Hall–Kier alpha value is -5.25. The third-order valence-corrected chi connectivity index (χ3v) is 10.6. The van der Waals surface area contributed by atoms with E-state index >= 15 is 0 Å². The molecule has 0 saturated carbocycles. The molecule has 0 aliphatic carbocycles. The molecule has 0 atom stereocenters. The number of H-pyrrole nitrogens is 1. The summed E-state index contributed by atoms with van der Waals surface area (Å²) in [5, 5.41) is 17.4. The van der Waals surface area contributed by atoms with Crippen molar-refractivity contribution in [3.8, 4) is 11.9 Å². The van der Waals surface area contributed by atoms with E-state index in [1.807, 2.05) is 48.5 Å². The van der Waals surface area contributed by atoms with Crippen molar-refractivity contribution in [2.24, 2.45) is 0 Å². The number of hydrogen-bond acceptors (Lipinski definition) is 8. The molecule has 6 heterocycles. The average Bonchev–Trinajstić information content (AvgIpc) is 4.11. The quantitative estimate of drug-likeness (QED) is 0.169. The first-order valence-electron chi connectivity index (χ1n) is 20.8. The third kappa shape index (κ3) is 12.5. The molecule has 11 nitrogen and oxygen atoms in total. The number of aromatic amines is 1. The largest absolute Gasteiger partial charge is 1.00 e. The Morgan fingerprint density at radius 1 is 0.448 bits per heavy atom. The van der Waals surface area contributed by atoms with Crippen molar-refractivity contribution in [1.82, 2.24) is 44.0 Å². The SMILES string of the molecule is C1CCOC1.CC(C)(C)[O-].Clc1nc(-n2c3ccccc3c3ccccc32)nc(-n2c3ccccc3c3ccccc32)n1.Clc1nc(Cl)nc(Cl)n1.F.[Na+].c1ccc2c(c1)[nH]c1ccccc12. The van der Waals surface area contributed by atoms with E-state index in [1.165, 1.54) is 34.6 Å². The van der Waals surface area contributed by atoms with Gasteiger partial charge in [-0.1, -0.05) is 130 Å². The molecule has 336 valence electrons. The van der Waals surface area contributed by atoms with Gasteiger partial charge in [-0.05, 0) is 95.6 Å². The number of benzene rings is 6. The summed E-state index contributed by atoms with van der Waals surface area (Å²) in [4.78, 5) is 27.8. The summed E-state index contributed by atoms with van der Waals surface area (Å²) < 4.78 is 9.05. The van der Waals surface area contributed by atoms with Crippen LogP contribution < -0.4 is 34.7 Å². The van der Waals surface area contributed by atoms with Gasteiger partial charge in [0.2, 0.25) is 33.0 Å². The molecule has 1 N–H and O–H groups in total. The van der Waals surface area contributed by atoms with Crippen molar-refractivity contribution in [3.63, 3.8) is 0 Å². The fourth-order valence-corrected chi connectivity index (χ4v) is 8.18. The Kier molecular flexibility index (Phi) is 17.7. The van der Waals surface area contributed by atoms with Gasteiger partial charge in [-0.25, -0.2) is 0 Å². The molecule has 6 aromatic carbocycles. The second-order valence-corrected chi connectivity index (χ2v) is 17.1. The minimum atomic E-state index is -0.750. The summed E-state index contributed by atoms with van der Waals surface area (Å²) in [6, 6.07) is 49.8. The van der Waals surface area contributed by atoms with Crippen LogP contribution in [0.1, 0.15) is 33.6 Å². The van der Waals surface area contributed by atoms with E-state index in [1.54, 1.807) is 20.8 Å². The van der Waals surface area contributed by atoms with Crippen LogP contribution in [0.5, 0.6) is 0 Å². The van der Waals surface area contributed by atoms with E-state index in [4.69, 9.17) is 56.1 Å². The van der Waals surface area contributed by atoms with Gasteiger partial charge in [-0.2, -0.15) is 29.9 Å². The Bertz CT molecular complexity index is 3060.